The molecule has 1 aromatic heterocycles. The van der Waals surface area contributed by atoms with Gasteiger partial charge in [0.2, 0.25) is 0 Å². The third-order valence-corrected chi connectivity index (χ3v) is 4.84. The van der Waals surface area contributed by atoms with Crippen LogP contribution in [0.4, 0.5) is 10.6 Å². The Morgan fingerprint density at radius 3 is 2.86 bits per heavy atom. The van der Waals surface area contributed by atoms with Gasteiger partial charge >= 0.3 is 6.03 Å². The van der Waals surface area contributed by atoms with E-state index in [0.717, 1.165) is 37.5 Å². The number of nitrogens with one attached hydrogen (secondary N) is 1. The number of urea groups is 1. The Bertz CT molecular complexity index is 860. The normalized spacial score (nSPS) is 18.8. The first-order chi connectivity index (χ1) is 13.7. The molecule has 2 fully saturated rings. The molecule has 0 unspecified atom stereocenters. The van der Waals surface area contributed by atoms with E-state index in [9.17, 15) is 9.59 Å². The van der Waals surface area contributed by atoms with Crippen LogP contribution in [0.15, 0.2) is 47.2 Å². The molecule has 0 atom stereocenters. The Hall–Kier alpha value is -3.27. The number of nitrogens with zero attached hydrogens (tertiary/aromatic N) is 4. The van der Waals surface area contributed by atoms with E-state index in [4.69, 9.17) is 5.26 Å². The number of pyridine rings is 1. The molecule has 1 aliphatic carbocycles. The Labute approximate surface area is 164 Å². The summed E-state index contributed by atoms with van der Waals surface area (Å²) < 4.78 is 0. The van der Waals surface area contributed by atoms with Crippen LogP contribution in [0, 0.1) is 17.2 Å². The van der Waals surface area contributed by atoms with Crippen molar-refractivity contribution in [3.8, 4) is 6.07 Å². The highest BCUT2D eigenvalue weighted by atomic mass is 16.2. The molecular formula is C21H23N5O2. The summed E-state index contributed by atoms with van der Waals surface area (Å²) in [4.78, 5) is 34.7. The first-order valence-electron chi connectivity index (χ1n) is 9.47. The van der Waals surface area contributed by atoms with Gasteiger partial charge in [-0.25, -0.2) is 14.8 Å². The number of amides is 2. The molecule has 28 heavy (non-hydrogen) atoms. The van der Waals surface area contributed by atoms with Crippen LogP contribution < -0.4 is 5.32 Å². The number of nitriles is 1. The summed E-state index contributed by atoms with van der Waals surface area (Å²) in [7, 11) is 0. The van der Waals surface area contributed by atoms with Crippen molar-refractivity contribution in [3.63, 3.8) is 0 Å². The molecule has 1 aromatic rings. The van der Waals surface area contributed by atoms with Gasteiger partial charge in [-0.05, 0) is 55.7 Å². The Kier molecular flexibility index (Phi) is 6.33. The topological polar surface area (TPSA) is 98.5 Å². The summed E-state index contributed by atoms with van der Waals surface area (Å²) in [5.41, 5.74) is 1.86. The van der Waals surface area contributed by atoms with E-state index in [1.165, 1.54) is 6.20 Å². The van der Waals surface area contributed by atoms with E-state index in [1.807, 2.05) is 6.07 Å². The fraction of sp³-hybridized carbons (Fsp3) is 0.381. The van der Waals surface area contributed by atoms with E-state index in [-0.39, 0.29) is 6.03 Å². The minimum atomic E-state index is -0.336. The van der Waals surface area contributed by atoms with Gasteiger partial charge in [-0.2, -0.15) is 5.26 Å². The molecule has 1 N–H and O–H groups in total. The van der Waals surface area contributed by atoms with E-state index in [2.05, 4.69) is 21.9 Å². The minimum absolute atomic E-state index is 0.336. The molecule has 0 aromatic carbocycles. The van der Waals surface area contributed by atoms with Crippen molar-refractivity contribution in [1.29, 1.82) is 5.26 Å². The second-order valence-electron chi connectivity index (χ2n) is 6.91. The van der Waals surface area contributed by atoms with Crippen molar-refractivity contribution in [2.45, 2.75) is 38.5 Å². The lowest BCUT2D eigenvalue weighted by Crippen LogP contribution is -2.43. The van der Waals surface area contributed by atoms with Crippen molar-refractivity contribution in [2.75, 3.05) is 11.9 Å². The standard InChI is InChI=1S/C21H23N5O2/c1-2-5-17(16-8-9-16)18(14-27)24-20-6-3-4-11-26(20)21(28)25-19-10-7-15(12-22)13-23-19/h2,7,10,13-14,16H,1,3-6,8-9,11H2,(H,23,25,28)/b18-17+,24-20?. The summed E-state index contributed by atoms with van der Waals surface area (Å²) in [6.45, 7) is 4.31. The molecule has 0 spiro atoms. The highest BCUT2D eigenvalue weighted by Gasteiger charge is 2.29. The van der Waals surface area contributed by atoms with Crippen molar-refractivity contribution in [2.24, 2.45) is 10.9 Å². The van der Waals surface area contributed by atoms with Gasteiger partial charge in [0, 0.05) is 19.2 Å². The molecule has 3 rings (SSSR count). The zero-order chi connectivity index (χ0) is 19.9. The Balaban J connectivity index is 1.82. The molecular weight excluding hydrogens is 354 g/mol. The fourth-order valence-electron chi connectivity index (χ4n) is 3.24. The van der Waals surface area contributed by atoms with Gasteiger partial charge in [-0.1, -0.05) is 6.08 Å². The van der Waals surface area contributed by atoms with Gasteiger partial charge in [-0.3, -0.25) is 15.0 Å². The van der Waals surface area contributed by atoms with E-state index in [0.29, 0.717) is 48.2 Å². The Morgan fingerprint density at radius 2 is 2.25 bits per heavy atom. The number of piperidine rings is 1. The van der Waals surface area contributed by atoms with E-state index in [1.54, 1.807) is 23.1 Å². The second-order valence-corrected chi connectivity index (χ2v) is 6.91. The third kappa shape index (κ3) is 4.71. The number of carbonyl (C=O) groups excluding carboxylic acids is 2. The number of anilines is 1. The maximum atomic E-state index is 12.8. The van der Waals surface area contributed by atoms with Crippen molar-refractivity contribution >= 4 is 24.0 Å². The summed E-state index contributed by atoms with van der Waals surface area (Å²) in [5, 5.41) is 11.6. The summed E-state index contributed by atoms with van der Waals surface area (Å²) >= 11 is 0. The van der Waals surface area contributed by atoms with E-state index >= 15 is 0 Å². The first kappa shape index (κ1) is 19.5. The lowest BCUT2D eigenvalue weighted by Gasteiger charge is -2.28. The van der Waals surface area contributed by atoms with Gasteiger partial charge in [-0.15, -0.1) is 6.58 Å². The third-order valence-electron chi connectivity index (χ3n) is 4.84. The number of allylic oxidation sites excluding steroid dienone is 3. The molecule has 2 aliphatic rings. The molecule has 1 saturated carbocycles. The Morgan fingerprint density at radius 1 is 1.43 bits per heavy atom. The molecule has 7 nitrogen and oxygen atoms in total. The summed E-state index contributed by atoms with van der Waals surface area (Å²) in [5.74, 6) is 1.36. The molecule has 1 aliphatic heterocycles. The number of carbonyl (C=O) groups is 2. The highest BCUT2D eigenvalue weighted by molar-refractivity contribution is 6.04. The molecule has 2 heterocycles. The van der Waals surface area contributed by atoms with Crippen LogP contribution in [-0.2, 0) is 4.79 Å². The van der Waals surface area contributed by atoms with Crippen LogP contribution in [0.5, 0.6) is 0 Å². The monoisotopic (exact) mass is 377 g/mol. The minimum Gasteiger partial charge on any atom is -0.296 e. The predicted molar refractivity (Wildman–Crippen MR) is 107 cm³/mol. The molecule has 1 saturated heterocycles. The van der Waals surface area contributed by atoms with Crippen LogP contribution >= 0.6 is 0 Å². The van der Waals surface area contributed by atoms with E-state index < -0.39 is 0 Å². The number of likely N-dealkylation sites (tertiary alicyclic amines) is 1. The number of hydrogen-bond acceptors (Lipinski definition) is 5. The van der Waals surface area contributed by atoms with Crippen LogP contribution in [0.2, 0.25) is 0 Å². The average Bonchev–Trinajstić information content (AvgIpc) is 3.56. The first-order valence-corrected chi connectivity index (χ1v) is 9.47. The van der Waals surface area contributed by atoms with Crippen molar-refractivity contribution in [1.82, 2.24) is 9.88 Å². The van der Waals surface area contributed by atoms with Gasteiger partial charge in [0.25, 0.3) is 0 Å². The lowest BCUT2D eigenvalue weighted by atomic mass is 10.1. The van der Waals surface area contributed by atoms with Crippen LogP contribution in [0.25, 0.3) is 0 Å². The summed E-state index contributed by atoms with van der Waals surface area (Å²) in [6.07, 6.45) is 9.19. The highest BCUT2D eigenvalue weighted by Crippen LogP contribution is 2.40. The number of amidine groups is 1. The number of aliphatic imine (C=N–C) groups is 1. The van der Waals surface area contributed by atoms with Gasteiger partial charge in [0.15, 0.2) is 6.29 Å². The summed E-state index contributed by atoms with van der Waals surface area (Å²) in [6, 6.07) is 4.84. The molecule has 0 radical (unpaired) electrons. The smallest absolute Gasteiger partial charge is 0.296 e. The molecule has 0 bridgehead atoms. The maximum Gasteiger partial charge on any atom is 0.328 e. The van der Waals surface area contributed by atoms with Crippen LogP contribution in [0.3, 0.4) is 0 Å². The molecule has 7 heteroatoms. The number of rotatable bonds is 6. The van der Waals surface area contributed by atoms with Gasteiger partial charge in [0.05, 0.1) is 5.56 Å². The van der Waals surface area contributed by atoms with Crippen LogP contribution in [0.1, 0.15) is 44.1 Å². The lowest BCUT2D eigenvalue weighted by molar-refractivity contribution is -0.105. The van der Waals surface area contributed by atoms with Crippen molar-refractivity contribution < 1.29 is 9.59 Å². The maximum absolute atomic E-state index is 12.8. The second kappa shape index (κ2) is 9.09. The fourth-order valence-corrected chi connectivity index (χ4v) is 3.24. The van der Waals surface area contributed by atoms with Gasteiger partial charge < -0.3 is 0 Å². The average molecular weight is 377 g/mol. The SMILES string of the molecule is C=CC/C(=C(/C=O)N=C1CCCCN1C(=O)Nc1ccc(C#N)cn1)C1CC1. The van der Waals surface area contributed by atoms with Crippen molar-refractivity contribution in [3.05, 3.63) is 47.8 Å². The zero-order valence-electron chi connectivity index (χ0n) is 15.7. The van der Waals surface area contributed by atoms with Crippen LogP contribution in [-0.4, -0.2) is 34.6 Å². The molecule has 2 amide bonds. The number of aldehydes is 1. The number of aromatic nitrogens is 1. The molecule has 144 valence electrons. The largest absolute Gasteiger partial charge is 0.328 e. The number of hydrogen-bond donors (Lipinski definition) is 1. The zero-order valence-corrected chi connectivity index (χ0v) is 15.7. The van der Waals surface area contributed by atoms with Gasteiger partial charge in [0.1, 0.15) is 23.4 Å². The quantitative estimate of drug-likeness (QED) is 0.463. The predicted octanol–water partition coefficient (Wildman–Crippen LogP) is 3.81.